The Morgan fingerprint density at radius 1 is 1.50 bits per heavy atom. The molecule has 0 aromatic carbocycles. The van der Waals surface area contributed by atoms with Gasteiger partial charge in [0.25, 0.3) is 0 Å². The minimum Gasteiger partial charge on any atom is -0.349 e. The van der Waals surface area contributed by atoms with Crippen molar-refractivity contribution in [2.75, 3.05) is 14.1 Å². The first kappa shape index (κ1) is 9.42. The van der Waals surface area contributed by atoms with Gasteiger partial charge in [-0.1, -0.05) is 0 Å². The summed E-state index contributed by atoms with van der Waals surface area (Å²) in [6.07, 6.45) is -0.0920. The summed E-state index contributed by atoms with van der Waals surface area (Å²) < 4.78 is 25.3. The molecule has 0 heterocycles. The van der Waals surface area contributed by atoms with Crippen LogP contribution in [0, 0.1) is 5.92 Å². The van der Waals surface area contributed by atoms with E-state index in [0.29, 0.717) is 6.42 Å². The summed E-state index contributed by atoms with van der Waals surface area (Å²) in [5.74, 6) is -3.25. The summed E-state index contributed by atoms with van der Waals surface area (Å²) in [7, 11) is 3.19. The van der Waals surface area contributed by atoms with E-state index in [1.165, 1.54) is 4.90 Å². The molecule has 1 amide bonds. The Hall–Kier alpha value is -0.670. The molecule has 12 heavy (non-hydrogen) atoms. The van der Waals surface area contributed by atoms with Crippen LogP contribution in [-0.4, -0.2) is 30.8 Å². The molecule has 1 atom stereocenters. The Kier molecular flexibility index (Phi) is 2.35. The van der Waals surface area contributed by atoms with Crippen LogP contribution in [0.1, 0.15) is 19.3 Å². The third-order valence-corrected chi connectivity index (χ3v) is 2.19. The van der Waals surface area contributed by atoms with E-state index in [1.54, 1.807) is 14.1 Å². The smallest absolute Gasteiger partial charge is 0.248 e. The number of nitrogens with zero attached hydrogens (tertiary/aromatic N) is 1. The van der Waals surface area contributed by atoms with Crippen molar-refractivity contribution >= 4 is 5.91 Å². The van der Waals surface area contributed by atoms with E-state index < -0.39 is 11.8 Å². The van der Waals surface area contributed by atoms with Gasteiger partial charge in [-0.3, -0.25) is 4.79 Å². The predicted molar refractivity (Wildman–Crippen MR) is 41.0 cm³/mol. The lowest BCUT2D eigenvalue weighted by molar-refractivity contribution is -0.133. The highest BCUT2D eigenvalue weighted by atomic mass is 19.3. The van der Waals surface area contributed by atoms with Gasteiger partial charge in [-0.2, -0.15) is 0 Å². The molecule has 0 aromatic rings. The molecule has 4 heteroatoms. The highest BCUT2D eigenvalue weighted by Gasteiger charge is 2.42. The monoisotopic (exact) mass is 177 g/mol. The Morgan fingerprint density at radius 2 is 2.08 bits per heavy atom. The van der Waals surface area contributed by atoms with E-state index in [9.17, 15) is 13.6 Å². The average molecular weight is 177 g/mol. The van der Waals surface area contributed by atoms with Crippen LogP contribution in [0.2, 0.25) is 0 Å². The molecule has 1 saturated carbocycles. The number of alkyl halides is 2. The molecule has 0 saturated heterocycles. The van der Waals surface area contributed by atoms with Crippen molar-refractivity contribution in [3.63, 3.8) is 0 Å². The van der Waals surface area contributed by atoms with E-state index >= 15 is 0 Å². The zero-order valence-corrected chi connectivity index (χ0v) is 7.31. The lowest BCUT2D eigenvalue weighted by Crippen LogP contribution is -2.29. The summed E-state index contributed by atoms with van der Waals surface area (Å²) in [5, 5.41) is 0. The quantitative estimate of drug-likeness (QED) is 0.594. The van der Waals surface area contributed by atoms with Crippen molar-refractivity contribution < 1.29 is 13.6 Å². The molecule has 0 radical (unpaired) electrons. The van der Waals surface area contributed by atoms with Crippen molar-refractivity contribution in [3.05, 3.63) is 0 Å². The molecule has 0 aliphatic heterocycles. The fraction of sp³-hybridized carbons (Fsp3) is 0.875. The van der Waals surface area contributed by atoms with Gasteiger partial charge in [0.1, 0.15) is 0 Å². The standard InChI is InChI=1S/C8H13F2NO/c1-11(2)7(12)6-3-4-8(9,10)5-6/h6H,3-5H2,1-2H3. The highest BCUT2D eigenvalue weighted by molar-refractivity contribution is 5.78. The van der Waals surface area contributed by atoms with E-state index in [1.807, 2.05) is 0 Å². The van der Waals surface area contributed by atoms with Gasteiger partial charge in [0, 0.05) is 32.9 Å². The Morgan fingerprint density at radius 3 is 2.42 bits per heavy atom. The zero-order chi connectivity index (χ0) is 9.35. The summed E-state index contributed by atoms with van der Waals surface area (Å²) in [6, 6.07) is 0. The summed E-state index contributed by atoms with van der Waals surface area (Å²) in [5.41, 5.74) is 0. The molecule has 0 N–H and O–H groups in total. The number of halogens is 2. The Balaban J connectivity index is 2.53. The van der Waals surface area contributed by atoms with Gasteiger partial charge in [-0.15, -0.1) is 0 Å². The van der Waals surface area contributed by atoms with Gasteiger partial charge in [-0.25, -0.2) is 8.78 Å². The molecular formula is C8H13F2NO. The van der Waals surface area contributed by atoms with Gasteiger partial charge in [0.15, 0.2) is 0 Å². The van der Waals surface area contributed by atoms with Crippen LogP contribution in [-0.2, 0) is 4.79 Å². The summed E-state index contributed by atoms with van der Waals surface area (Å²) in [6.45, 7) is 0. The molecule has 1 unspecified atom stereocenters. The van der Waals surface area contributed by atoms with Crippen molar-refractivity contribution in [1.82, 2.24) is 4.90 Å². The second-order valence-corrected chi connectivity index (χ2v) is 3.53. The highest BCUT2D eigenvalue weighted by Crippen LogP contribution is 2.39. The van der Waals surface area contributed by atoms with E-state index in [2.05, 4.69) is 0 Å². The number of rotatable bonds is 1. The first-order valence-electron chi connectivity index (χ1n) is 4.01. The Bertz CT molecular complexity index is 191. The minimum atomic E-state index is -2.61. The molecule has 1 aliphatic carbocycles. The molecule has 1 fully saturated rings. The molecule has 70 valence electrons. The lowest BCUT2D eigenvalue weighted by atomic mass is 10.1. The predicted octanol–water partition coefficient (Wildman–Crippen LogP) is 1.51. The molecule has 0 aromatic heterocycles. The lowest BCUT2D eigenvalue weighted by Gasteiger charge is -2.15. The largest absolute Gasteiger partial charge is 0.349 e. The van der Waals surface area contributed by atoms with Crippen LogP contribution in [0.5, 0.6) is 0 Å². The first-order chi connectivity index (χ1) is 5.42. The number of amides is 1. The topological polar surface area (TPSA) is 20.3 Å². The number of carbonyl (C=O) groups is 1. The van der Waals surface area contributed by atoms with Crippen LogP contribution in [0.4, 0.5) is 8.78 Å². The molecule has 0 spiro atoms. The maximum atomic E-state index is 12.6. The van der Waals surface area contributed by atoms with Crippen LogP contribution < -0.4 is 0 Å². The van der Waals surface area contributed by atoms with Gasteiger partial charge in [0.05, 0.1) is 0 Å². The van der Waals surface area contributed by atoms with Gasteiger partial charge < -0.3 is 4.90 Å². The SMILES string of the molecule is CN(C)C(=O)C1CCC(F)(F)C1. The average Bonchev–Trinajstić information content (AvgIpc) is 2.28. The number of carbonyl (C=O) groups excluding carboxylic acids is 1. The molecule has 2 nitrogen and oxygen atoms in total. The normalized spacial score (nSPS) is 27.2. The van der Waals surface area contributed by atoms with Crippen molar-refractivity contribution in [1.29, 1.82) is 0 Å². The number of hydrogen-bond donors (Lipinski definition) is 0. The van der Waals surface area contributed by atoms with Crippen molar-refractivity contribution in [2.24, 2.45) is 5.92 Å². The van der Waals surface area contributed by atoms with E-state index in [4.69, 9.17) is 0 Å². The first-order valence-corrected chi connectivity index (χ1v) is 4.01. The van der Waals surface area contributed by atoms with Crippen molar-refractivity contribution in [2.45, 2.75) is 25.2 Å². The van der Waals surface area contributed by atoms with Gasteiger partial charge >= 0.3 is 0 Å². The van der Waals surface area contributed by atoms with Gasteiger partial charge in [-0.05, 0) is 6.42 Å². The van der Waals surface area contributed by atoms with Crippen LogP contribution in [0.3, 0.4) is 0 Å². The number of hydrogen-bond acceptors (Lipinski definition) is 1. The van der Waals surface area contributed by atoms with E-state index in [0.717, 1.165) is 0 Å². The van der Waals surface area contributed by atoms with Crippen molar-refractivity contribution in [3.8, 4) is 0 Å². The Labute approximate surface area is 70.5 Å². The van der Waals surface area contributed by atoms with Crippen LogP contribution in [0.25, 0.3) is 0 Å². The minimum absolute atomic E-state index is 0.142. The molecule has 1 rings (SSSR count). The fourth-order valence-electron chi connectivity index (χ4n) is 1.53. The second-order valence-electron chi connectivity index (χ2n) is 3.53. The molecule has 0 bridgehead atoms. The van der Waals surface area contributed by atoms with Crippen LogP contribution in [0.15, 0.2) is 0 Å². The van der Waals surface area contributed by atoms with E-state index in [-0.39, 0.29) is 18.7 Å². The third-order valence-electron chi connectivity index (χ3n) is 2.19. The van der Waals surface area contributed by atoms with Crippen LogP contribution >= 0.6 is 0 Å². The summed E-state index contributed by atoms with van der Waals surface area (Å²) in [4.78, 5) is 12.6. The molecular weight excluding hydrogens is 164 g/mol. The molecule has 1 aliphatic rings. The summed E-state index contributed by atoms with van der Waals surface area (Å²) >= 11 is 0. The maximum Gasteiger partial charge on any atom is 0.248 e. The third kappa shape index (κ3) is 1.93. The zero-order valence-electron chi connectivity index (χ0n) is 7.31. The maximum absolute atomic E-state index is 12.6. The second kappa shape index (κ2) is 2.99. The van der Waals surface area contributed by atoms with Gasteiger partial charge in [0.2, 0.25) is 11.8 Å². The fourth-order valence-corrected chi connectivity index (χ4v) is 1.53.